The summed E-state index contributed by atoms with van der Waals surface area (Å²) in [6, 6.07) is 14.1. The molecule has 2 aromatic carbocycles. The summed E-state index contributed by atoms with van der Waals surface area (Å²) in [6.45, 7) is 3.91. The Labute approximate surface area is 167 Å². The minimum atomic E-state index is -0.647. The fourth-order valence-electron chi connectivity index (χ4n) is 2.89. The number of hydrogen-bond donors (Lipinski definition) is 3. The topological polar surface area (TPSA) is 113 Å². The number of ether oxygens (including phenoxy) is 1. The van der Waals surface area contributed by atoms with Gasteiger partial charge in [0.25, 0.3) is 17.4 Å². The molecule has 0 unspecified atom stereocenters. The summed E-state index contributed by atoms with van der Waals surface area (Å²) in [4.78, 5) is 36.3. The van der Waals surface area contributed by atoms with Gasteiger partial charge in [-0.3, -0.25) is 25.2 Å². The highest BCUT2D eigenvalue weighted by atomic mass is 16.5. The van der Waals surface area contributed by atoms with Gasteiger partial charge in [-0.2, -0.15) is 5.10 Å². The molecule has 150 valence electrons. The van der Waals surface area contributed by atoms with E-state index in [0.717, 1.165) is 12.0 Å². The number of rotatable bonds is 6. The Kier molecular flexibility index (Phi) is 6.23. The van der Waals surface area contributed by atoms with Crippen molar-refractivity contribution in [1.29, 1.82) is 0 Å². The standard InChI is InChI=1S/C21H22N4O4/c1-3-13(2)14-8-6-7-11-17(14)29-12-18(26)22-25-21(28)19-15-9-4-5-10-16(15)20(27)24-23-19/h4-11,13H,3,12H2,1-2H3,(H,22,26)(H,24,27)(H,25,28)/t13-/m0/s1. The highest BCUT2D eigenvalue weighted by molar-refractivity contribution is 6.05. The lowest BCUT2D eigenvalue weighted by Crippen LogP contribution is -2.44. The first-order chi connectivity index (χ1) is 14.0. The van der Waals surface area contributed by atoms with E-state index in [1.807, 2.05) is 24.3 Å². The van der Waals surface area contributed by atoms with Crippen LogP contribution in [0.4, 0.5) is 0 Å². The Bertz CT molecular complexity index is 1090. The van der Waals surface area contributed by atoms with Crippen LogP contribution >= 0.6 is 0 Å². The Balaban J connectivity index is 1.62. The van der Waals surface area contributed by atoms with Crippen molar-refractivity contribution in [2.75, 3.05) is 6.61 Å². The number of aromatic nitrogens is 2. The minimum absolute atomic E-state index is 0.00327. The highest BCUT2D eigenvalue weighted by Crippen LogP contribution is 2.28. The van der Waals surface area contributed by atoms with Gasteiger partial charge in [0.2, 0.25) is 0 Å². The van der Waals surface area contributed by atoms with Crippen molar-refractivity contribution in [3.05, 3.63) is 70.1 Å². The molecule has 1 atom stereocenters. The van der Waals surface area contributed by atoms with Gasteiger partial charge in [-0.1, -0.05) is 50.2 Å². The van der Waals surface area contributed by atoms with Crippen LogP contribution in [0, 0.1) is 0 Å². The van der Waals surface area contributed by atoms with Crippen LogP contribution in [0.5, 0.6) is 5.75 Å². The minimum Gasteiger partial charge on any atom is -0.483 e. The molecule has 3 N–H and O–H groups in total. The number of carbonyl (C=O) groups excluding carboxylic acids is 2. The van der Waals surface area contributed by atoms with Gasteiger partial charge in [0.05, 0.1) is 5.39 Å². The summed E-state index contributed by atoms with van der Waals surface area (Å²) in [5.74, 6) is -0.234. The molecular formula is C21H22N4O4. The van der Waals surface area contributed by atoms with Gasteiger partial charge in [0, 0.05) is 5.39 Å². The van der Waals surface area contributed by atoms with Crippen molar-refractivity contribution in [2.24, 2.45) is 0 Å². The van der Waals surface area contributed by atoms with Crippen molar-refractivity contribution < 1.29 is 14.3 Å². The van der Waals surface area contributed by atoms with E-state index in [0.29, 0.717) is 22.4 Å². The fraction of sp³-hybridized carbons (Fsp3) is 0.238. The fourth-order valence-corrected chi connectivity index (χ4v) is 2.89. The van der Waals surface area contributed by atoms with Crippen molar-refractivity contribution in [1.82, 2.24) is 21.0 Å². The third-order valence-corrected chi connectivity index (χ3v) is 4.65. The number of hydrogen-bond acceptors (Lipinski definition) is 5. The predicted octanol–water partition coefficient (Wildman–Crippen LogP) is 2.28. The first-order valence-corrected chi connectivity index (χ1v) is 9.29. The molecular weight excluding hydrogens is 372 g/mol. The third kappa shape index (κ3) is 4.60. The smallest absolute Gasteiger partial charge is 0.290 e. The van der Waals surface area contributed by atoms with E-state index in [4.69, 9.17) is 4.74 Å². The second kappa shape index (κ2) is 9.01. The molecule has 0 aliphatic heterocycles. The molecule has 8 heteroatoms. The van der Waals surface area contributed by atoms with Crippen molar-refractivity contribution in [3.8, 4) is 5.75 Å². The lowest BCUT2D eigenvalue weighted by atomic mass is 9.98. The summed E-state index contributed by atoms with van der Waals surface area (Å²) < 4.78 is 5.62. The Morgan fingerprint density at radius 2 is 1.76 bits per heavy atom. The van der Waals surface area contributed by atoms with Crippen LogP contribution in [0.3, 0.4) is 0 Å². The number of carbonyl (C=O) groups is 2. The van der Waals surface area contributed by atoms with Crippen molar-refractivity contribution in [3.63, 3.8) is 0 Å². The quantitative estimate of drug-likeness (QED) is 0.555. The largest absolute Gasteiger partial charge is 0.483 e. The molecule has 0 aliphatic carbocycles. The van der Waals surface area contributed by atoms with Gasteiger partial charge >= 0.3 is 0 Å². The lowest BCUT2D eigenvalue weighted by Gasteiger charge is -2.15. The van der Waals surface area contributed by atoms with Gasteiger partial charge in [-0.05, 0) is 30.0 Å². The average Bonchev–Trinajstić information content (AvgIpc) is 2.76. The maximum absolute atomic E-state index is 12.4. The summed E-state index contributed by atoms with van der Waals surface area (Å²) in [5, 5.41) is 6.79. The summed E-state index contributed by atoms with van der Waals surface area (Å²) in [6.07, 6.45) is 0.947. The molecule has 1 heterocycles. The molecule has 0 spiro atoms. The SMILES string of the molecule is CC[C@H](C)c1ccccc1OCC(=O)NNC(=O)c1n[nH]c(=O)c2ccccc12. The molecule has 0 aliphatic rings. The maximum atomic E-state index is 12.4. The van der Waals surface area contributed by atoms with E-state index < -0.39 is 17.4 Å². The van der Waals surface area contributed by atoms with Crippen molar-refractivity contribution >= 4 is 22.6 Å². The van der Waals surface area contributed by atoms with E-state index in [1.54, 1.807) is 24.3 Å². The molecule has 0 bridgehead atoms. The number of aromatic amines is 1. The Morgan fingerprint density at radius 1 is 1.07 bits per heavy atom. The average molecular weight is 394 g/mol. The third-order valence-electron chi connectivity index (χ3n) is 4.65. The number of fused-ring (bicyclic) bond motifs is 1. The Hall–Kier alpha value is -3.68. The van der Waals surface area contributed by atoms with Gasteiger partial charge < -0.3 is 4.74 Å². The predicted molar refractivity (Wildman–Crippen MR) is 109 cm³/mol. The molecule has 0 saturated carbocycles. The summed E-state index contributed by atoms with van der Waals surface area (Å²) in [7, 11) is 0. The van der Waals surface area contributed by atoms with Gasteiger partial charge in [-0.15, -0.1) is 0 Å². The monoisotopic (exact) mass is 394 g/mol. The van der Waals surface area contributed by atoms with Crippen LogP contribution in [0.2, 0.25) is 0 Å². The zero-order valence-corrected chi connectivity index (χ0v) is 16.2. The van der Waals surface area contributed by atoms with E-state index in [1.165, 1.54) is 0 Å². The molecule has 0 radical (unpaired) electrons. The zero-order chi connectivity index (χ0) is 20.8. The number of H-pyrrole nitrogens is 1. The number of nitrogens with one attached hydrogen (secondary N) is 3. The summed E-state index contributed by atoms with van der Waals surface area (Å²) in [5.41, 5.74) is 5.22. The molecule has 29 heavy (non-hydrogen) atoms. The van der Waals surface area contributed by atoms with E-state index in [-0.39, 0.29) is 12.3 Å². The maximum Gasteiger partial charge on any atom is 0.290 e. The number of amides is 2. The van der Waals surface area contributed by atoms with Crippen LogP contribution in [0.1, 0.15) is 42.2 Å². The van der Waals surface area contributed by atoms with Gasteiger partial charge in [-0.25, -0.2) is 5.10 Å². The molecule has 3 rings (SSSR count). The molecule has 0 saturated heterocycles. The van der Waals surface area contributed by atoms with E-state index in [2.05, 4.69) is 34.9 Å². The molecule has 1 aromatic heterocycles. The molecule has 0 fully saturated rings. The van der Waals surface area contributed by atoms with Gasteiger partial charge in [0.1, 0.15) is 5.75 Å². The van der Waals surface area contributed by atoms with Crippen LogP contribution in [0.15, 0.2) is 53.3 Å². The van der Waals surface area contributed by atoms with E-state index in [9.17, 15) is 14.4 Å². The first-order valence-electron chi connectivity index (χ1n) is 9.29. The number of hydrazine groups is 1. The van der Waals surface area contributed by atoms with Crippen LogP contribution in [-0.4, -0.2) is 28.6 Å². The first kappa shape index (κ1) is 20.1. The zero-order valence-electron chi connectivity index (χ0n) is 16.2. The number of benzene rings is 2. The normalized spacial score (nSPS) is 11.7. The van der Waals surface area contributed by atoms with E-state index >= 15 is 0 Å². The number of nitrogens with zero attached hydrogens (tertiary/aromatic N) is 1. The summed E-state index contributed by atoms with van der Waals surface area (Å²) >= 11 is 0. The lowest BCUT2D eigenvalue weighted by molar-refractivity contribution is -0.123. The molecule has 2 amide bonds. The van der Waals surface area contributed by atoms with Crippen LogP contribution in [0.25, 0.3) is 10.8 Å². The van der Waals surface area contributed by atoms with Crippen LogP contribution in [-0.2, 0) is 4.79 Å². The van der Waals surface area contributed by atoms with Crippen LogP contribution < -0.4 is 21.1 Å². The van der Waals surface area contributed by atoms with Gasteiger partial charge in [0.15, 0.2) is 12.3 Å². The number of para-hydroxylation sites is 1. The Morgan fingerprint density at radius 3 is 2.52 bits per heavy atom. The molecule has 3 aromatic rings. The second-order valence-electron chi connectivity index (χ2n) is 6.59. The molecule has 8 nitrogen and oxygen atoms in total. The highest BCUT2D eigenvalue weighted by Gasteiger charge is 2.15. The second-order valence-corrected chi connectivity index (χ2v) is 6.59. The van der Waals surface area contributed by atoms with Crippen molar-refractivity contribution in [2.45, 2.75) is 26.2 Å².